The van der Waals surface area contributed by atoms with E-state index in [1.165, 1.54) is 17.1 Å². The normalized spacial score (nSPS) is 18.0. The number of piperidine rings is 1. The van der Waals surface area contributed by atoms with Crippen LogP contribution in [0.4, 0.5) is 5.69 Å². The molecule has 1 aromatic carbocycles. The summed E-state index contributed by atoms with van der Waals surface area (Å²) in [5, 5.41) is 15.2. The van der Waals surface area contributed by atoms with Gasteiger partial charge >= 0.3 is 5.97 Å². The number of hydrogen-bond donors (Lipinski definition) is 2. The number of aryl methyl sites for hydroxylation is 1. The minimum Gasteiger partial charge on any atom is -0.478 e. The number of benzene rings is 1. The number of carbonyl (C=O) groups is 5. The van der Waals surface area contributed by atoms with E-state index in [1.54, 1.807) is 25.2 Å². The molecule has 3 heterocycles. The maximum atomic E-state index is 13.2. The number of imide groups is 2. The number of amides is 4. The van der Waals surface area contributed by atoms with E-state index >= 15 is 0 Å². The van der Waals surface area contributed by atoms with Crippen molar-refractivity contribution >= 4 is 35.3 Å². The van der Waals surface area contributed by atoms with E-state index in [9.17, 15) is 24.0 Å². The number of aromatic nitrogens is 2. The highest BCUT2D eigenvalue weighted by molar-refractivity contribution is 6.25. The molecule has 0 saturated carbocycles. The van der Waals surface area contributed by atoms with Crippen molar-refractivity contribution < 1.29 is 29.1 Å². The van der Waals surface area contributed by atoms with Crippen LogP contribution in [0.25, 0.3) is 0 Å². The predicted octanol–water partition coefficient (Wildman–Crippen LogP) is 0.509. The van der Waals surface area contributed by atoms with Crippen LogP contribution in [0.1, 0.15) is 50.3 Å². The second kappa shape index (κ2) is 8.25. The van der Waals surface area contributed by atoms with E-state index < -0.39 is 35.6 Å². The third kappa shape index (κ3) is 3.72. The van der Waals surface area contributed by atoms with Crippen LogP contribution in [0.3, 0.4) is 0 Å². The van der Waals surface area contributed by atoms with Crippen LogP contribution in [-0.4, -0.2) is 69.0 Å². The first kappa shape index (κ1) is 21.2. The summed E-state index contributed by atoms with van der Waals surface area (Å²) in [7, 11) is 1.79. The van der Waals surface area contributed by atoms with E-state index in [4.69, 9.17) is 5.11 Å². The average molecular weight is 439 g/mol. The Morgan fingerprint density at radius 3 is 2.72 bits per heavy atom. The molecule has 0 spiro atoms. The van der Waals surface area contributed by atoms with Gasteiger partial charge in [-0.2, -0.15) is 5.10 Å². The van der Waals surface area contributed by atoms with E-state index in [-0.39, 0.29) is 29.5 Å². The fourth-order valence-corrected chi connectivity index (χ4v) is 4.00. The molecule has 11 heteroatoms. The lowest BCUT2D eigenvalue weighted by Crippen LogP contribution is -2.54. The number of carboxylic acids is 1. The van der Waals surface area contributed by atoms with Crippen LogP contribution in [0, 0.1) is 0 Å². The lowest BCUT2D eigenvalue weighted by atomic mass is 10.0. The molecule has 0 aliphatic carbocycles. The van der Waals surface area contributed by atoms with Crippen LogP contribution in [-0.2, 0) is 16.1 Å². The van der Waals surface area contributed by atoms with Gasteiger partial charge in [0, 0.05) is 32.8 Å². The largest absolute Gasteiger partial charge is 0.478 e. The van der Waals surface area contributed by atoms with Gasteiger partial charge in [0.2, 0.25) is 11.8 Å². The first-order chi connectivity index (χ1) is 15.3. The Hall–Kier alpha value is -4.02. The van der Waals surface area contributed by atoms with Crippen molar-refractivity contribution in [1.29, 1.82) is 0 Å². The molecule has 2 aromatic rings. The molecular formula is C21H21N5O6. The standard InChI is InChI=1S/C21H21N5O6/c1-24(8-3-9-25-11-12(10-22-25)21(31)32)14-5-2-4-13-17(14)20(30)26(19(13)29)15-6-7-16(27)23-18(15)28/h2,4-5,10-11,15H,3,6-9H2,1H3,(H,31,32)(H,23,27,28). The van der Waals surface area contributed by atoms with Crippen LogP contribution >= 0.6 is 0 Å². The number of fused-ring (bicyclic) bond motifs is 1. The van der Waals surface area contributed by atoms with Crippen molar-refractivity contribution in [2.45, 2.75) is 31.8 Å². The number of anilines is 1. The zero-order chi connectivity index (χ0) is 23.0. The van der Waals surface area contributed by atoms with Crippen molar-refractivity contribution in [3.63, 3.8) is 0 Å². The molecule has 1 saturated heterocycles. The summed E-state index contributed by atoms with van der Waals surface area (Å²) in [6.45, 7) is 0.987. The Morgan fingerprint density at radius 1 is 1.25 bits per heavy atom. The fourth-order valence-electron chi connectivity index (χ4n) is 4.00. The fraction of sp³-hybridized carbons (Fsp3) is 0.333. The molecule has 166 valence electrons. The van der Waals surface area contributed by atoms with Crippen LogP contribution in [0.15, 0.2) is 30.6 Å². The van der Waals surface area contributed by atoms with Gasteiger partial charge in [0.15, 0.2) is 0 Å². The van der Waals surface area contributed by atoms with Gasteiger partial charge in [-0.3, -0.25) is 34.1 Å². The highest BCUT2D eigenvalue weighted by Gasteiger charge is 2.45. The molecule has 0 bridgehead atoms. The number of carboxylic acid groups (broad SMARTS) is 1. The van der Waals surface area contributed by atoms with Gasteiger partial charge in [-0.1, -0.05) is 6.07 Å². The predicted molar refractivity (Wildman–Crippen MR) is 110 cm³/mol. The second-order valence-electron chi connectivity index (χ2n) is 7.72. The van der Waals surface area contributed by atoms with Gasteiger partial charge in [-0.15, -0.1) is 0 Å². The zero-order valence-electron chi connectivity index (χ0n) is 17.3. The van der Waals surface area contributed by atoms with E-state index in [0.717, 1.165) is 4.90 Å². The first-order valence-electron chi connectivity index (χ1n) is 10.1. The molecule has 0 radical (unpaired) electrons. The SMILES string of the molecule is CN(CCCn1cc(C(=O)O)cn1)c1cccc2c1C(=O)N(C1CCC(=O)NC1=O)C2=O. The quantitative estimate of drug-likeness (QED) is 0.594. The van der Waals surface area contributed by atoms with Crippen molar-refractivity contribution in [3.05, 3.63) is 47.3 Å². The highest BCUT2D eigenvalue weighted by atomic mass is 16.4. The van der Waals surface area contributed by atoms with Crippen molar-refractivity contribution in [2.75, 3.05) is 18.5 Å². The topological polar surface area (TPSA) is 142 Å². The Bertz CT molecular complexity index is 1140. The number of nitrogens with zero attached hydrogens (tertiary/aromatic N) is 4. The summed E-state index contributed by atoms with van der Waals surface area (Å²) in [5.74, 6) is -3.22. The first-order valence-corrected chi connectivity index (χ1v) is 10.1. The molecule has 4 amide bonds. The Kier molecular flexibility index (Phi) is 5.47. The number of aromatic carboxylic acids is 1. The third-order valence-electron chi connectivity index (χ3n) is 5.62. The van der Waals surface area contributed by atoms with Crippen LogP contribution < -0.4 is 10.2 Å². The third-order valence-corrected chi connectivity index (χ3v) is 5.62. The van der Waals surface area contributed by atoms with Gasteiger partial charge in [0.1, 0.15) is 6.04 Å². The Morgan fingerprint density at radius 2 is 2.03 bits per heavy atom. The maximum Gasteiger partial charge on any atom is 0.338 e. The van der Waals surface area contributed by atoms with Crippen molar-refractivity contribution in [2.24, 2.45) is 0 Å². The smallest absolute Gasteiger partial charge is 0.338 e. The zero-order valence-corrected chi connectivity index (χ0v) is 17.3. The summed E-state index contributed by atoms with van der Waals surface area (Å²) >= 11 is 0. The number of rotatable bonds is 7. The maximum absolute atomic E-state index is 13.2. The minimum atomic E-state index is -1.04. The van der Waals surface area contributed by atoms with Gasteiger partial charge in [0.25, 0.3) is 11.8 Å². The molecule has 4 rings (SSSR count). The van der Waals surface area contributed by atoms with Crippen LogP contribution in [0.2, 0.25) is 0 Å². The lowest BCUT2D eigenvalue weighted by molar-refractivity contribution is -0.136. The molecule has 2 aliphatic heterocycles. The molecule has 1 fully saturated rings. The molecule has 1 atom stereocenters. The molecule has 32 heavy (non-hydrogen) atoms. The summed E-state index contributed by atoms with van der Waals surface area (Å²) in [6, 6.07) is 3.95. The summed E-state index contributed by atoms with van der Waals surface area (Å²) in [4.78, 5) is 63.5. The average Bonchev–Trinajstić information content (AvgIpc) is 3.32. The summed E-state index contributed by atoms with van der Waals surface area (Å²) in [6.07, 6.45) is 3.50. The van der Waals surface area contributed by atoms with E-state index in [2.05, 4.69) is 10.4 Å². The van der Waals surface area contributed by atoms with Crippen molar-refractivity contribution in [3.8, 4) is 0 Å². The highest BCUT2D eigenvalue weighted by Crippen LogP contribution is 2.33. The van der Waals surface area contributed by atoms with Crippen LogP contribution in [0.5, 0.6) is 0 Å². The number of nitrogens with one attached hydrogen (secondary N) is 1. The molecule has 2 aliphatic rings. The van der Waals surface area contributed by atoms with Gasteiger partial charge in [0.05, 0.1) is 28.6 Å². The van der Waals surface area contributed by atoms with Crippen molar-refractivity contribution in [1.82, 2.24) is 20.0 Å². The molecule has 11 nitrogen and oxygen atoms in total. The second-order valence-corrected chi connectivity index (χ2v) is 7.72. The molecule has 1 aromatic heterocycles. The minimum absolute atomic E-state index is 0.0631. The molecular weight excluding hydrogens is 418 g/mol. The van der Waals surface area contributed by atoms with E-state index in [1.807, 2.05) is 4.90 Å². The number of hydrogen-bond acceptors (Lipinski definition) is 7. The lowest BCUT2D eigenvalue weighted by Gasteiger charge is -2.28. The Labute approximate surface area is 182 Å². The molecule has 2 N–H and O–H groups in total. The van der Waals surface area contributed by atoms with E-state index in [0.29, 0.717) is 25.2 Å². The number of carbonyl (C=O) groups excluding carboxylic acids is 4. The molecule has 1 unspecified atom stereocenters. The monoisotopic (exact) mass is 439 g/mol. The Balaban J connectivity index is 1.49. The summed E-state index contributed by atoms with van der Waals surface area (Å²) < 4.78 is 1.53. The van der Waals surface area contributed by atoms with Gasteiger partial charge in [-0.25, -0.2) is 4.79 Å². The van der Waals surface area contributed by atoms with Gasteiger partial charge in [-0.05, 0) is 25.0 Å². The summed E-state index contributed by atoms with van der Waals surface area (Å²) in [5.41, 5.74) is 1.12. The van der Waals surface area contributed by atoms with Gasteiger partial charge < -0.3 is 10.0 Å².